The molecule has 4 saturated carbocycles. The van der Waals surface area contributed by atoms with Crippen LogP contribution in [-0.2, 0) is 4.79 Å². The molecule has 0 heterocycles. The minimum Gasteiger partial charge on any atom is -0.481 e. The molecule has 0 aromatic rings. The van der Waals surface area contributed by atoms with Gasteiger partial charge in [-0.1, -0.05) is 32.4 Å². The van der Waals surface area contributed by atoms with Crippen molar-refractivity contribution in [2.45, 2.75) is 89.8 Å². The van der Waals surface area contributed by atoms with Crippen LogP contribution in [0.4, 0.5) is 0 Å². The van der Waals surface area contributed by atoms with Crippen LogP contribution < -0.4 is 0 Å². The Kier molecular flexibility index (Phi) is 6.03. The van der Waals surface area contributed by atoms with Gasteiger partial charge in [-0.25, -0.2) is 0 Å². The Morgan fingerprint density at radius 1 is 0.886 bits per heavy atom. The summed E-state index contributed by atoms with van der Waals surface area (Å²) in [6.07, 6.45) is -0.614. The molecule has 8 nitrogen and oxygen atoms in total. The molecule has 5 aliphatic carbocycles. The summed E-state index contributed by atoms with van der Waals surface area (Å²) < 4.78 is 0. The maximum atomic E-state index is 12.8. The van der Waals surface area contributed by atoms with Crippen LogP contribution in [0.15, 0.2) is 11.6 Å². The zero-order valence-electron chi connectivity index (χ0n) is 20.9. The van der Waals surface area contributed by atoms with Crippen LogP contribution >= 0.6 is 0 Å². The standard InChI is InChI=1S/C27H42O8/c1-25(2)10-18-17-8-5-14-12-6-9-19(29)15(11-28)13(12)4-7-16(14)26(17,3)21(31)23(33)27(18,24(34)35)22(32)20(25)30/h8,12-16,18-23,28-33H,4-7,9-11H2,1-3H3,(H,34,35)/t12?,13?,14?,15-,16?,18?,19+,20+,21+,22+,23-,26+,27+/m1/s1. The van der Waals surface area contributed by atoms with Gasteiger partial charge in [0.2, 0.25) is 0 Å². The average molecular weight is 495 g/mol. The van der Waals surface area contributed by atoms with E-state index in [1.807, 2.05) is 6.92 Å². The molecule has 5 unspecified atom stereocenters. The van der Waals surface area contributed by atoms with Gasteiger partial charge in [-0.2, -0.15) is 0 Å². The molecule has 0 radical (unpaired) electrons. The van der Waals surface area contributed by atoms with Crippen molar-refractivity contribution < 1.29 is 40.5 Å². The Balaban J connectivity index is 1.61. The lowest BCUT2D eigenvalue weighted by Crippen LogP contribution is -2.75. The van der Waals surface area contributed by atoms with Crippen LogP contribution in [0, 0.1) is 51.8 Å². The molecule has 0 bridgehead atoms. The van der Waals surface area contributed by atoms with E-state index in [1.54, 1.807) is 13.8 Å². The average Bonchev–Trinajstić information content (AvgIpc) is 2.80. The van der Waals surface area contributed by atoms with Crippen LogP contribution in [-0.4, -0.2) is 78.8 Å². The first-order valence-electron chi connectivity index (χ1n) is 13.3. The quantitative estimate of drug-likeness (QED) is 0.279. The zero-order chi connectivity index (χ0) is 25.7. The molecule has 0 saturated heterocycles. The number of carboxylic acids is 1. The number of carboxylic acid groups (broad SMARTS) is 1. The van der Waals surface area contributed by atoms with Gasteiger partial charge in [-0.05, 0) is 67.6 Å². The van der Waals surface area contributed by atoms with Crippen molar-refractivity contribution in [3.8, 4) is 0 Å². The van der Waals surface area contributed by atoms with Gasteiger partial charge in [0.15, 0.2) is 0 Å². The smallest absolute Gasteiger partial charge is 0.315 e. The van der Waals surface area contributed by atoms with E-state index < -0.39 is 58.7 Å². The van der Waals surface area contributed by atoms with Crippen molar-refractivity contribution in [2.75, 3.05) is 6.61 Å². The summed E-state index contributed by atoms with van der Waals surface area (Å²) in [4.78, 5) is 12.8. The van der Waals surface area contributed by atoms with Gasteiger partial charge in [0.05, 0.1) is 24.4 Å². The van der Waals surface area contributed by atoms with Crippen LogP contribution in [0.25, 0.3) is 0 Å². The summed E-state index contributed by atoms with van der Waals surface area (Å²) in [5, 5.41) is 76.0. The zero-order valence-corrected chi connectivity index (χ0v) is 20.9. The summed E-state index contributed by atoms with van der Waals surface area (Å²) in [7, 11) is 0. The van der Waals surface area contributed by atoms with Gasteiger partial charge in [0.25, 0.3) is 0 Å². The van der Waals surface area contributed by atoms with Gasteiger partial charge in [0, 0.05) is 23.9 Å². The van der Waals surface area contributed by atoms with E-state index in [2.05, 4.69) is 6.08 Å². The Labute approximate surface area is 206 Å². The SMILES string of the molecule is CC1(C)CC2C3=CCC4C5CC[C@H](O)[C@H](CO)C5CCC4[C@]3(C)[C@@H](O)[C@@H](O)[C@@]2(C(=O)O)[C@@H](O)[C@@H]1O. The molecule has 0 spiro atoms. The fourth-order valence-electron chi connectivity index (χ4n) is 9.63. The molecule has 5 rings (SSSR count). The van der Waals surface area contributed by atoms with Crippen molar-refractivity contribution in [3.05, 3.63) is 11.6 Å². The molecule has 4 fully saturated rings. The van der Waals surface area contributed by atoms with E-state index in [1.165, 1.54) is 0 Å². The number of rotatable bonds is 2. The predicted molar refractivity (Wildman–Crippen MR) is 126 cm³/mol. The maximum absolute atomic E-state index is 12.8. The molecule has 198 valence electrons. The number of aliphatic carboxylic acids is 1. The van der Waals surface area contributed by atoms with Crippen LogP contribution in [0.1, 0.15) is 59.3 Å². The molecule has 35 heavy (non-hydrogen) atoms. The molecule has 7 N–H and O–H groups in total. The van der Waals surface area contributed by atoms with E-state index in [-0.39, 0.29) is 42.6 Å². The monoisotopic (exact) mass is 494 g/mol. The summed E-state index contributed by atoms with van der Waals surface area (Å²) in [6, 6.07) is 0. The third-order valence-corrected chi connectivity index (χ3v) is 11.5. The van der Waals surface area contributed by atoms with Gasteiger partial charge < -0.3 is 35.7 Å². The lowest BCUT2D eigenvalue weighted by molar-refractivity contribution is -0.261. The van der Waals surface area contributed by atoms with Crippen LogP contribution in [0.3, 0.4) is 0 Å². The Hall–Kier alpha value is -1.03. The van der Waals surface area contributed by atoms with Crippen LogP contribution in [0.5, 0.6) is 0 Å². The Morgan fingerprint density at radius 3 is 2.14 bits per heavy atom. The Bertz CT molecular complexity index is 902. The molecule has 5 aliphatic rings. The topological polar surface area (TPSA) is 159 Å². The second kappa shape index (κ2) is 8.23. The van der Waals surface area contributed by atoms with Crippen molar-refractivity contribution in [1.29, 1.82) is 0 Å². The molecule has 0 aliphatic heterocycles. The Morgan fingerprint density at radius 2 is 1.51 bits per heavy atom. The van der Waals surface area contributed by atoms with E-state index in [0.717, 1.165) is 24.8 Å². The molecule has 8 heteroatoms. The maximum Gasteiger partial charge on any atom is 0.315 e. The first-order valence-corrected chi connectivity index (χ1v) is 13.3. The highest BCUT2D eigenvalue weighted by Crippen LogP contribution is 2.68. The van der Waals surface area contributed by atoms with E-state index in [9.17, 15) is 40.5 Å². The van der Waals surface area contributed by atoms with Gasteiger partial charge in [-0.3, -0.25) is 4.79 Å². The molecule has 0 amide bonds. The predicted octanol–water partition coefficient (Wildman–Crippen LogP) is 0.919. The number of carbonyl (C=O) groups is 1. The van der Waals surface area contributed by atoms with Crippen LogP contribution in [0.2, 0.25) is 0 Å². The number of allylic oxidation sites excluding steroid dienone is 1. The first-order chi connectivity index (χ1) is 16.3. The summed E-state index contributed by atoms with van der Waals surface area (Å²) in [6.45, 7) is 5.52. The molecule has 13 atom stereocenters. The minimum absolute atomic E-state index is 0.0156. The number of fused-ring (bicyclic) bond motifs is 7. The van der Waals surface area contributed by atoms with Crippen molar-refractivity contribution >= 4 is 5.97 Å². The van der Waals surface area contributed by atoms with Gasteiger partial charge >= 0.3 is 5.97 Å². The molecule has 0 aromatic carbocycles. The van der Waals surface area contributed by atoms with E-state index in [0.29, 0.717) is 12.8 Å². The fourth-order valence-corrected chi connectivity index (χ4v) is 9.63. The highest BCUT2D eigenvalue weighted by atomic mass is 16.4. The van der Waals surface area contributed by atoms with Crippen molar-refractivity contribution in [3.63, 3.8) is 0 Å². The second-order valence-electron chi connectivity index (χ2n) is 13.1. The third-order valence-electron chi connectivity index (χ3n) is 11.5. The summed E-state index contributed by atoms with van der Waals surface area (Å²) in [5.74, 6) is -1.54. The lowest BCUT2D eigenvalue weighted by atomic mass is 9.39. The minimum atomic E-state index is -2.08. The van der Waals surface area contributed by atoms with Gasteiger partial charge in [-0.15, -0.1) is 0 Å². The second-order valence-corrected chi connectivity index (χ2v) is 13.1. The number of aliphatic hydroxyl groups is 6. The molecular formula is C27H42O8. The van der Waals surface area contributed by atoms with Gasteiger partial charge in [0.1, 0.15) is 11.5 Å². The lowest BCUT2D eigenvalue weighted by Gasteiger charge is -2.66. The highest BCUT2D eigenvalue weighted by molar-refractivity contribution is 5.79. The number of hydrogen-bond donors (Lipinski definition) is 7. The van der Waals surface area contributed by atoms with E-state index in [4.69, 9.17) is 0 Å². The highest BCUT2D eigenvalue weighted by Gasteiger charge is 2.74. The van der Waals surface area contributed by atoms with Crippen molar-refractivity contribution in [2.24, 2.45) is 51.8 Å². The molecule has 0 aromatic heterocycles. The number of aliphatic hydroxyl groups excluding tert-OH is 6. The fraction of sp³-hybridized carbons (Fsp3) is 0.889. The summed E-state index contributed by atoms with van der Waals surface area (Å²) >= 11 is 0. The number of hydrogen-bond acceptors (Lipinski definition) is 7. The third kappa shape index (κ3) is 3.10. The van der Waals surface area contributed by atoms with Crippen molar-refractivity contribution in [1.82, 2.24) is 0 Å². The normalized spacial score (nSPS) is 55.0. The first kappa shape index (κ1) is 25.6. The summed E-state index contributed by atoms with van der Waals surface area (Å²) in [5.41, 5.74) is -2.92. The largest absolute Gasteiger partial charge is 0.481 e. The molecular weight excluding hydrogens is 452 g/mol. The van der Waals surface area contributed by atoms with E-state index >= 15 is 0 Å².